The fraction of sp³-hybridized carbons (Fsp3) is 0.364. The molecule has 1 N–H and O–H groups in total. The van der Waals surface area contributed by atoms with Crippen molar-refractivity contribution in [1.29, 1.82) is 0 Å². The summed E-state index contributed by atoms with van der Waals surface area (Å²) in [6.07, 6.45) is 0. The van der Waals surface area contributed by atoms with Crippen LogP contribution in [0.1, 0.15) is 20.8 Å². The second-order valence-electron chi connectivity index (χ2n) is 6.41. The average molecular weight is 399 g/mol. The lowest BCUT2D eigenvalue weighted by Crippen LogP contribution is -2.36. The van der Waals surface area contributed by atoms with Crippen molar-refractivity contribution < 1.29 is 19.1 Å². The molecule has 0 unspecified atom stereocenters. The number of carbonyl (C=O) groups is 2. The Labute approximate surface area is 172 Å². The Hall–Kier alpha value is -3.22. The van der Waals surface area contributed by atoms with E-state index in [0.29, 0.717) is 22.9 Å². The fourth-order valence-electron chi connectivity index (χ4n) is 3.05. The summed E-state index contributed by atoms with van der Waals surface area (Å²) in [6.45, 7) is 7.33. The van der Waals surface area contributed by atoms with Crippen molar-refractivity contribution in [1.82, 2.24) is 0 Å². The fourth-order valence-corrected chi connectivity index (χ4v) is 3.05. The number of methoxy groups -OCH3 is 2. The van der Waals surface area contributed by atoms with E-state index in [1.807, 2.05) is 24.3 Å². The molecule has 0 aliphatic carbocycles. The molecule has 0 saturated carbocycles. The zero-order valence-electron chi connectivity index (χ0n) is 17.7. The molecule has 0 spiro atoms. The Balaban J connectivity index is 2.14. The monoisotopic (exact) mass is 399 g/mol. The molecule has 0 heterocycles. The van der Waals surface area contributed by atoms with Crippen LogP contribution in [-0.2, 0) is 9.59 Å². The number of amides is 2. The molecule has 0 fully saturated rings. The Morgan fingerprint density at radius 2 is 1.55 bits per heavy atom. The van der Waals surface area contributed by atoms with Crippen LogP contribution in [0, 0.1) is 0 Å². The van der Waals surface area contributed by atoms with Crippen molar-refractivity contribution in [3.8, 4) is 11.5 Å². The molecule has 2 aromatic carbocycles. The van der Waals surface area contributed by atoms with Gasteiger partial charge in [0.15, 0.2) is 0 Å². The maximum Gasteiger partial charge on any atom is 0.244 e. The van der Waals surface area contributed by atoms with Gasteiger partial charge in [0.25, 0.3) is 0 Å². The molecule has 0 aliphatic heterocycles. The molecule has 2 rings (SSSR count). The third kappa shape index (κ3) is 5.63. The highest BCUT2D eigenvalue weighted by Crippen LogP contribution is 2.29. The van der Waals surface area contributed by atoms with E-state index >= 15 is 0 Å². The van der Waals surface area contributed by atoms with Crippen molar-refractivity contribution in [2.75, 3.05) is 49.0 Å². The van der Waals surface area contributed by atoms with E-state index in [1.165, 1.54) is 18.9 Å². The maximum absolute atomic E-state index is 12.6. The van der Waals surface area contributed by atoms with Crippen molar-refractivity contribution in [3.05, 3.63) is 42.5 Å². The van der Waals surface area contributed by atoms with E-state index in [2.05, 4.69) is 24.1 Å². The first kappa shape index (κ1) is 22.1. The lowest BCUT2D eigenvalue weighted by atomic mass is 10.2. The minimum absolute atomic E-state index is 0.102. The number of ether oxygens (including phenoxy) is 2. The van der Waals surface area contributed by atoms with E-state index in [1.54, 1.807) is 25.3 Å². The van der Waals surface area contributed by atoms with E-state index < -0.39 is 0 Å². The zero-order chi connectivity index (χ0) is 21.4. The molecule has 0 radical (unpaired) electrons. The summed E-state index contributed by atoms with van der Waals surface area (Å²) in [5.41, 5.74) is 2.26. The van der Waals surface area contributed by atoms with Gasteiger partial charge in [-0.1, -0.05) is 0 Å². The first-order valence-electron chi connectivity index (χ1n) is 9.58. The van der Waals surface area contributed by atoms with Gasteiger partial charge in [0.2, 0.25) is 11.8 Å². The number of benzene rings is 2. The van der Waals surface area contributed by atoms with Crippen LogP contribution in [0.3, 0.4) is 0 Å². The van der Waals surface area contributed by atoms with Crippen LogP contribution in [0.4, 0.5) is 17.1 Å². The van der Waals surface area contributed by atoms with Gasteiger partial charge in [-0.25, -0.2) is 0 Å². The Morgan fingerprint density at radius 1 is 0.931 bits per heavy atom. The van der Waals surface area contributed by atoms with Crippen LogP contribution < -0.4 is 24.6 Å². The highest BCUT2D eigenvalue weighted by atomic mass is 16.5. The van der Waals surface area contributed by atoms with Crippen molar-refractivity contribution in [3.63, 3.8) is 0 Å². The normalized spacial score (nSPS) is 10.2. The number of hydrogen-bond acceptors (Lipinski definition) is 5. The molecule has 0 atom stereocenters. The molecule has 7 nitrogen and oxygen atoms in total. The highest BCUT2D eigenvalue weighted by molar-refractivity contribution is 6.02. The molecule has 0 saturated heterocycles. The van der Waals surface area contributed by atoms with Crippen LogP contribution in [0.15, 0.2) is 42.5 Å². The minimum Gasteiger partial charge on any atom is -0.497 e. The molecule has 0 aromatic heterocycles. The van der Waals surface area contributed by atoms with Crippen molar-refractivity contribution in [2.24, 2.45) is 0 Å². The minimum atomic E-state index is -0.323. The average Bonchev–Trinajstić information content (AvgIpc) is 2.73. The lowest BCUT2D eigenvalue weighted by Gasteiger charge is -2.24. The van der Waals surface area contributed by atoms with Crippen LogP contribution in [0.5, 0.6) is 11.5 Å². The SMILES string of the molecule is CCN(CC)c1ccc(N(CC(=O)Nc2ccc(OC)cc2OC)C(C)=O)cc1. The van der Waals surface area contributed by atoms with Gasteiger partial charge >= 0.3 is 0 Å². The Kier molecular flexibility index (Phi) is 7.88. The largest absolute Gasteiger partial charge is 0.497 e. The van der Waals surface area contributed by atoms with Gasteiger partial charge in [-0.05, 0) is 50.2 Å². The molecule has 29 heavy (non-hydrogen) atoms. The summed E-state index contributed by atoms with van der Waals surface area (Å²) in [5, 5.41) is 2.79. The molecular formula is C22H29N3O4. The number of carbonyl (C=O) groups excluding carboxylic acids is 2. The smallest absolute Gasteiger partial charge is 0.244 e. The summed E-state index contributed by atoms with van der Waals surface area (Å²) in [5.74, 6) is 0.572. The van der Waals surface area contributed by atoms with Gasteiger partial charge in [0, 0.05) is 37.5 Å². The second kappa shape index (κ2) is 10.4. The first-order valence-corrected chi connectivity index (χ1v) is 9.58. The van der Waals surface area contributed by atoms with Gasteiger partial charge in [-0.3, -0.25) is 9.59 Å². The zero-order valence-corrected chi connectivity index (χ0v) is 17.7. The van der Waals surface area contributed by atoms with Crippen molar-refractivity contribution in [2.45, 2.75) is 20.8 Å². The third-order valence-corrected chi connectivity index (χ3v) is 4.65. The first-order chi connectivity index (χ1) is 13.9. The van der Waals surface area contributed by atoms with Gasteiger partial charge in [0.1, 0.15) is 18.0 Å². The van der Waals surface area contributed by atoms with Crippen molar-refractivity contribution >= 4 is 28.9 Å². The second-order valence-corrected chi connectivity index (χ2v) is 6.41. The van der Waals surface area contributed by atoms with Gasteiger partial charge < -0.3 is 24.6 Å². The van der Waals surface area contributed by atoms with Gasteiger partial charge in [-0.2, -0.15) is 0 Å². The predicted molar refractivity (Wildman–Crippen MR) is 116 cm³/mol. The molecule has 0 bridgehead atoms. The summed E-state index contributed by atoms with van der Waals surface area (Å²) in [7, 11) is 3.08. The molecule has 2 aromatic rings. The van der Waals surface area contributed by atoms with Crippen LogP contribution >= 0.6 is 0 Å². The number of nitrogens with one attached hydrogen (secondary N) is 1. The Morgan fingerprint density at radius 3 is 2.07 bits per heavy atom. The van der Waals surface area contributed by atoms with E-state index in [0.717, 1.165) is 18.8 Å². The molecule has 7 heteroatoms. The molecule has 0 aliphatic rings. The summed E-state index contributed by atoms with van der Waals surface area (Å²) >= 11 is 0. The van der Waals surface area contributed by atoms with Crippen LogP contribution in [-0.4, -0.2) is 45.7 Å². The number of rotatable bonds is 9. The highest BCUT2D eigenvalue weighted by Gasteiger charge is 2.17. The van der Waals surface area contributed by atoms with Crippen LogP contribution in [0.25, 0.3) is 0 Å². The van der Waals surface area contributed by atoms with E-state index in [9.17, 15) is 9.59 Å². The quantitative estimate of drug-likeness (QED) is 0.698. The molecular weight excluding hydrogens is 370 g/mol. The molecule has 2 amide bonds. The number of nitrogens with zero attached hydrogens (tertiary/aromatic N) is 2. The lowest BCUT2D eigenvalue weighted by molar-refractivity contribution is -0.120. The summed E-state index contributed by atoms with van der Waals surface area (Å²) in [4.78, 5) is 28.4. The maximum atomic E-state index is 12.6. The predicted octanol–water partition coefficient (Wildman–Crippen LogP) is 3.54. The van der Waals surface area contributed by atoms with Gasteiger partial charge in [-0.15, -0.1) is 0 Å². The number of hydrogen-bond donors (Lipinski definition) is 1. The van der Waals surface area contributed by atoms with E-state index in [-0.39, 0.29) is 18.4 Å². The third-order valence-electron chi connectivity index (χ3n) is 4.65. The Bertz CT molecular complexity index is 832. The van der Waals surface area contributed by atoms with Gasteiger partial charge in [0.05, 0.1) is 19.9 Å². The number of anilines is 3. The summed E-state index contributed by atoms with van der Waals surface area (Å²) in [6, 6.07) is 12.8. The van der Waals surface area contributed by atoms with Crippen LogP contribution in [0.2, 0.25) is 0 Å². The standard InChI is InChI=1S/C22H29N3O4/c1-6-24(7-2)17-8-10-18(11-9-17)25(16(3)26)15-22(27)23-20-13-12-19(28-4)14-21(20)29-5/h8-14H,6-7,15H2,1-5H3,(H,23,27). The topological polar surface area (TPSA) is 71.1 Å². The summed E-state index contributed by atoms with van der Waals surface area (Å²) < 4.78 is 10.5. The van der Waals surface area contributed by atoms with E-state index in [4.69, 9.17) is 9.47 Å². The molecule has 156 valence electrons.